The summed E-state index contributed by atoms with van der Waals surface area (Å²) in [4.78, 5) is 13.6. The zero-order chi connectivity index (χ0) is 20.1. The zero-order valence-corrected chi connectivity index (χ0v) is 17.7. The molecule has 0 saturated carbocycles. The number of anilines is 1. The van der Waals surface area contributed by atoms with E-state index in [-0.39, 0.29) is 5.91 Å². The number of thiophene rings is 1. The molecule has 0 aliphatic heterocycles. The largest absolute Gasteiger partial charge is 0.494 e. The van der Waals surface area contributed by atoms with Crippen molar-refractivity contribution in [2.75, 3.05) is 11.9 Å². The predicted octanol–water partition coefficient (Wildman–Crippen LogP) is 5.67. The first-order valence-corrected chi connectivity index (χ1v) is 10.9. The topological polar surface area (TPSA) is 62.1 Å². The Kier molecular flexibility index (Phi) is 6.74. The molecule has 0 radical (unpaired) electrons. The van der Waals surface area contributed by atoms with Crippen molar-refractivity contribution in [1.29, 1.82) is 5.26 Å². The highest BCUT2D eigenvalue weighted by Crippen LogP contribution is 2.39. The van der Waals surface area contributed by atoms with E-state index in [2.05, 4.69) is 44.3 Å². The highest BCUT2D eigenvalue weighted by Gasteiger charge is 2.24. The first kappa shape index (κ1) is 20.4. The van der Waals surface area contributed by atoms with Gasteiger partial charge in [0.1, 0.15) is 16.8 Å². The second-order valence-corrected chi connectivity index (χ2v) is 9.00. The summed E-state index contributed by atoms with van der Waals surface area (Å²) in [6, 6.07) is 10.4. The molecular formula is C23H28N2O2S. The van der Waals surface area contributed by atoms with Crippen LogP contribution in [0.1, 0.15) is 67.5 Å². The number of rotatable bonds is 7. The molecule has 1 aromatic heterocycles. The van der Waals surface area contributed by atoms with Gasteiger partial charge in [0.25, 0.3) is 0 Å². The Morgan fingerprint density at radius 3 is 2.79 bits per heavy atom. The van der Waals surface area contributed by atoms with Crippen LogP contribution >= 0.6 is 11.3 Å². The van der Waals surface area contributed by atoms with Crippen molar-refractivity contribution >= 4 is 22.2 Å². The van der Waals surface area contributed by atoms with Gasteiger partial charge in [0, 0.05) is 11.3 Å². The molecular weight excluding hydrogens is 368 g/mol. The van der Waals surface area contributed by atoms with E-state index in [9.17, 15) is 10.1 Å². The third-order valence-corrected chi connectivity index (χ3v) is 6.41. The summed E-state index contributed by atoms with van der Waals surface area (Å²) in [5, 5.41) is 13.2. The van der Waals surface area contributed by atoms with Gasteiger partial charge in [-0.05, 0) is 60.8 Å². The van der Waals surface area contributed by atoms with Gasteiger partial charge in [0.15, 0.2) is 0 Å². The Morgan fingerprint density at radius 1 is 1.36 bits per heavy atom. The lowest BCUT2D eigenvalue weighted by Crippen LogP contribution is -2.13. The van der Waals surface area contributed by atoms with Crippen molar-refractivity contribution in [2.45, 2.75) is 58.8 Å². The molecule has 1 aromatic carbocycles. The van der Waals surface area contributed by atoms with E-state index in [4.69, 9.17) is 4.74 Å². The maximum atomic E-state index is 12.3. The zero-order valence-electron chi connectivity index (χ0n) is 16.9. The Hall–Kier alpha value is -2.32. The number of hydrogen-bond donors (Lipinski definition) is 1. The van der Waals surface area contributed by atoms with E-state index in [1.54, 1.807) is 11.3 Å². The molecule has 1 atom stereocenters. The number of nitrogens with zero attached hydrogens (tertiary/aromatic N) is 1. The summed E-state index contributed by atoms with van der Waals surface area (Å²) in [5.74, 6) is 1.92. The Bertz CT molecular complexity index is 862. The first-order chi connectivity index (χ1) is 13.5. The van der Waals surface area contributed by atoms with Crippen molar-refractivity contribution in [3.05, 3.63) is 45.8 Å². The number of ether oxygens (including phenoxy) is 1. The van der Waals surface area contributed by atoms with Crippen molar-refractivity contribution < 1.29 is 9.53 Å². The normalized spacial score (nSPS) is 15.8. The predicted molar refractivity (Wildman–Crippen MR) is 114 cm³/mol. The van der Waals surface area contributed by atoms with Gasteiger partial charge in [0.05, 0.1) is 12.2 Å². The van der Waals surface area contributed by atoms with Gasteiger partial charge < -0.3 is 10.1 Å². The lowest BCUT2D eigenvalue weighted by atomic mass is 9.89. The Balaban J connectivity index is 1.48. The third-order valence-electron chi connectivity index (χ3n) is 5.24. The minimum Gasteiger partial charge on any atom is -0.494 e. The van der Waals surface area contributed by atoms with Gasteiger partial charge in [-0.2, -0.15) is 5.26 Å². The Morgan fingerprint density at radius 2 is 2.11 bits per heavy atom. The van der Waals surface area contributed by atoms with Gasteiger partial charge in [-0.1, -0.05) is 32.9 Å². The standard InChI is InChI=1S/C23H28N2O2S/c1-15(2)17-7-9-18(10-8-17)27-12-4-5-22(26)25-23-20(14-24)19-11-6-16(3)13-21(19)28-23/h7-10,15-16H,4-6,11-13H2,1-3H3,(H,25,26). The Labute approximate surface area is 171 Å². The summed E-state index contributed by atoms with van der Waals surface area (Å²) >= 11 is 1.57. The minimum absolute atomic E-state index is 0.0538. The molecule has 148 valence electrons. The van der Waals surface area contributed by atoms with Crippen molar-refractivity contribution in [3.63, 3.8) is 0 Å². The van der Waals surface area contributed by atoms with E-state index >= 15 is 0 Å². The van der Waals surface area contributed by atoms with Gasteiger partial charge in [-0.15, -0.1) is 11.3 Å². The molecule has 1 N–H and O–H groups in total. The molecule has 1 aliphatic carbocycles. The smallest absolute Gasteiger partial charge is 0.225 e. The fourth-order valence-electron chi connectivity index (χ4n) is 3.52. The van der Waals surface area contributed by atoms with Crippen LogP contribution in [-0.4, -0.2) is 12.5 Å². The molecule has 0 bridgehead atoms. The van der Waals surface area contributed by atoms with Crippen LogP contribution in [0.4, 0.5) is 5.00 Å². The fourth-order valence-corrected chi connectivity index (χ4v) is 4.90. The van der Waals surface area contributed by atoms with Gasteiger partial charge in [-0.3, -0.25) is 4.79 Å². The molecule has 0 saturated heterocycles. The van der Waals surface area contributed by atoms with Gasteiger partial charge >= 0.3 is 0 Å². The number of nitrogens with one attached hydrogen (secondary N) is 1. The molecule has 1 unspecified atom stereocenters. The molecule has 0 fully saturated rings. The molecule has 1 heterocycles. The minimum atomic E-state index is -0.0538. The molecule has 2 aromatic rings. The molecule has 1 aliphatic rings. The highest BCUT2D eigenvalue weighted by atomic mass is 32.1. The molecule has 28 heavy (non-hydrogen) atoms. The first-order valence-electron chi connectivity index (χ1n) is 10.0. The lowest BCUT2D eigenvalue weighted by Gasteiger charge is -2.17. The fraction of sp³-hybridized carbons (Fsp3) is 0.478. The number of fused-ring (bicyclic) bond motifs is 1. The summed E-state index contributed by atoms with van der Waals surface area (Å²) in [5.41, 5.74) is 3.10. The van der Waals surface area contributed by atoms with Gasteiger partial charge in [0.2, 0.25) is 5.91 Å². The second-order valence-electron chi connectivity index (χ2n) is 7.89. The van der Waals surface area contributed by atoms with Crippen LogP contribution in [0.2, 0.25) is 0 Å². The summed E-state index contributed by atoms with van der Waals surface area (Å²) in [6.07, 6.45) is 4.08. The number of carbonyl (C=O) groups is 1. The monoisotopic (exact) mass is 396 g/mol. The number of carbonyl (C=O) groups excluding carboxylic acids is 1. The number of benzene rings is 1. The third kappa shape index (κ3) is 4.94. The van der Waals surface area contributed by atoms with E-state index in [1.165, 1.54) is 10.4 Å². The molecule has 5 heteroatoms. The van der Waals surface area contributed by atoms with Crippen LogP contribution in [0, 0.1) is 17.2 Å². The molecule has 4 nitrogen and oxygen atoms in total. The van der Waals surface area contributed by atoms with Crippen LogP contribution in [0.15, 0.2) is 24.3 Å². The second kappa shape index (κ2) is 9.25. The van der Waals surface area contributed by atoms with E-state index in [0.717, 1.165) is 35.6 Å². The summed E-state index contributed by atoms with van der Waals surface area (Å²) < 4.78 is 5.73. The number of amides is 1. The summed E-state index contributed by atoms with van der Waals surface area (Å²) in [7, 11) is 0. The van der Waals surface area contributed by atoms with Crippen LogP contribution in [0.3, 0.4) is 0 Å². The molecule has 0 spiro atoms. The van der Waals surface area contributed by atoms with Crippen molar-refractivity contribution in [1.82, 2.24) is 0 Å². The summed E-state index contributed by atoms with van der Waals surface area (Å²) in [6.45, 7) is 7.06. The van der Waals surface area contributed by atoms with Gasteiger partial charge in [-0.25, -0.2) is 0 Å². The molecule has 3 rings (SSSR count). The highest BCUT2D eigenvalue weighted by molar-refractivity contribution is 7.16. The van der Waals surface area contributed by atoms with Crippen molar-refractivity contribution in [3.8, 4) is 11.8 Å². The van der Waals surface area contributed by atoms with E-state index < -0.39 is 0 Å². The number of nitriles is 1. The van der Waals surface area contributed by atoms with Crippen LogP contribution in [0.5, 0.6) is 5.75 Å². The lowest BCUT2D eigenvalue weighted by molar-refractivity contribution is -0.116. The average molecular weight is 397 g/mol. The molecule has 1 amide bonds. The maximum absolute atomic E-state index is 12.3. The van der Waals surface area contributed by atoms with Crippen molar-refractivity contribution in [2.24, 2.45) is 5.92 Å². The van der Waals surface area contributed by atoms with Crippen LogP contribution in [-0.2, 0) is 17.6 Å². The number of hydrogen-bond acceptors (Lipinski definition) is 4. The SMILES string of the molecule is CC1CCc2c(sc(NC(=O)CCCOc3ccc(C(C)C)cc3)c2C#N)C1. The van der Waals surface area contributed by atoms with E-state index in [1.807, 2.05) is 12.1 Å². The van der Waals surface area contributed by atoms with Crippen LogP contribution in [0.25, 0.3) is 0 Å². The maximum Gasteiger partial charge on any atom is 0.225 e. The van der Waals surface area contributed by atoms with Crippen LogP contribution < -0.4 is 10.1 Å². The quantitative estimate of drug-likeness (QED) is 0.614. The average Bonchev–Trinajstić information content (AvgIpc) is 3.01. The van der Waals surface area contributed by atoms with E-state index in [0.29, 0.717) is 36.8 Å².